The summed E-state index contributed by atoms with van der Waals surface area (Å²) >= 11 is 0. The molecule has 0 bridgehead atoms. The van der Waals surface area contributed by atoms with E-state index in [4.69, 9.17) is 5.11 Å². The number of nitrogens with zero attached hydrogens (tertiary/aromatic N) is 5. The molecular weight excluding hydrogens is 346 g/mol. The van der Waals surface area contributed by atoms with E-state index in [1.165, 1.54) is 12.3 Å². The van der Waals surface area contributed by atoms with E-state index in [1.807, 2.05) is 0 Å². The van der Waals surface area contributed by atoms with Crippen LogP contribution in [0, 0.1) is 22.0 Å². The molecule has 0 aromatic carbocycles. The molecule has 0 atom stereocenters. The number of anilines is 1. The highest BCUT2D eigenvalue weighted by molar-refractivity contribution is 5.59. The van der Waals surface area contributed by atoms with Crippen LogP contribution in [0.1, 0.15) is 24.8 Å². The Labute approximate surface area is 159 Å². The first-order valence-electron chi connectivity index (χ1n) is 9.50. The molecule has 0 radical (unpaired) electrons. The highest BCUT2D eigenvalue weighted by Crippen LogP contribution is 2.26. The second-order valence-electron chi connectivity index (χ2n) is 7.15. The van der Waals surface area contributed by atoms with Crippen molar-refractivity contribution < 1.29 is 10.0 Å². The van der Waals surface area contributed by atoms with Crippen molar-refractivity contribution in [2.24, 2.45) is 0 Å². The number of pyridine rings is 1. The van der Waals surface area contributed by atoms with Crippen molar-refractivity contribution in [3.05, 3.63) is 27.9 Å². The van der Waals surface area contributed by atoms with Gasteiger partial charge in [-0.25, -0.2) is 4.98 Å². The third-order valence-electron chi connectivity index (χ3n) is 5.34. The minimum atomic E-state index is -0.451. The van der Waals surface area contributed by atoms with E-state index in [9.17, 15) is 10.1 Å². The molecule has 2 aliphatic heterocycles. The SMILES string of the molecule is CN1CCN(C2CCN(c3ncc([N+](=O)[O-])cc3C#CCCO)CC2)CC1. The van der Waals surface area contributed by atoms with Gasteiger partial charge in [-0.05, 0) is 19.9 Å². The summed E-state index contributed by atoms with van der Waals surface area (Å²) < 4.78 is 0. The summed E-state index contributed by atoms with van der Waals surface area (Å²) in [7, 11) is 2.17. The van der Waals surface area contributed by atoms with Crippen LogP contribution < -0.4 is 4.90 Å². The van der Waals surface area contributed by atoms with E-state index in [2.05, 4.69) is 38.6 Å². The molecule has 1 N–H and O–H groups in total. The van der Waals surface area contributed by atoms with E-state index in [1.54, 1.807) is 0 Å². The van der Waals surface area contributed by atoms with Crippen LogP contribution in [-0.4, -0.2) is 83.8 Å². The van der Waals surface area contributed by atoms with Crippen molar-refractivity contribution in [1.29, 1.82) is 0 Å². The molecular formula is C19H27N5O3. The lowest BCUT2D eigenvalue weighted by molar-refractivity contribution is -0.385. The number of hydrogen-bond acceptors (Lipinski definition) is 7. The highest BCUT2D eigenvalue weighted by Gasteiger charge is 2.28. The van der Waals surface area contributed by atoms with Gasteiger partial charge in [0.15, 0.2) is 0 Å². The van der Waals surface area contributed by atoms with E-state index < -0.39 is 4.92 Å². The quantitative estimate of drug-likeness (QED) is 0.477. The number of rotatable bonds is 4. The highest BCUT2D eigenvalue weighted by atomic mass is 16.6. The van der Waals surface area contributed by atoms with Crippen molar-refractivity contribution in [1.82, 2.24) is 14.8 Å². The number of aliphatic hydroxyl groups is 1. The maximum atomic E-state index is 11.1. The first-order chi connectivity index (χ1) is 13.1. The van der Waals surface area contributed by atoms with Gasteiger partial charge in [-0.3, -0.25) is 15.0 Å². The average Bonchev–Trinajstić information content (AvgIpc) is 2.69. The largest absolute Gasteiger partial charge is 0.395 e. The molecule has 0 spiro atoms. The number of piperazine rings is 1. The predicted molar refractivity (Wildman–Crippen MR) is 104 cm³/mol. The van der Waals surface area contributed by atoms with Crippen molar-refractivity contribution in [3.63, 3.8) is 0 Å². The Hall–Kier alpha value is -2.21. The van der Waals surface area contributed by atoms with Gasteiger partial charge in [-0.15, -0.1) is 0 Å². The zero-order valence-corrected chi connectivity index (χ0v) is 15.8. The zero-order valence-electron chi connectivity index (χ0n) is 15.8. The number of aromatic nitrogens is 1. The van der Waals surface area contributed by atoms with Gasteiger partial charge >= 0.3 is 0 Å². The Morgan fingerprint density at radius 3 is 2.59 bits per heavy atom. The summed E-state index contributed by atoms with van der Waals surface area (Å²) in [6, 6.07) is 2.08. The number of likely N-dealkylation sites (N-methyl/N-ethyl adjacent to an activating group) is 1. The molecule has 3 rings (SSSR count). The van der Waals surface area contributed by atoms with Gasteiger partial charge in [0.2, 0.25) is 0 Å². The molecule has 3 heterocycles. The van der Waals surface area contributed by atoms with Crippen LogP contribution in [0.25, 0.3) is 0 Å². The summed E-state index contributed by atoms with van der Waals surface area (Å²) in [6.07, 6.45) is 3.77. The Bertz CT molecular complexity index is 714. The lowest BCUT2D eigenvalue weighted by Gasteiger charge is -2.42. The predicted octanol–water partition coefficient (Wildman–Crippen LogP) is 0.940. The van der Waals surface area contributed by atoms with Gasteiger partial charge in [0.25, 0.3) is 5.69 Å². The molecule has 146 valence electrons. The van der Waals surface area contributed by atoms with Crippen LogP contribution in [0.5, 0.6) is 0 Å². The summed E-state index contributed by atoms with van der Waals surface area (Å²) in [5.74, 6) is 6.52. The molecule has 0 saturated carbocycles. The smallest absolute Gasteiger partial charge is 0.288 e. The summed E-state index contributed by atoms with van der Waals surface area (Å²) in [4.78, 5) is 22.1. The van der Waals surface area contributed by atoms with Gasteiger partial charge in [0.05, 0.1) is 17.1 Å². The maximum absolute atomic E-state index is 11.1. The topological polar surface area (TPSA) is 86.0 Å². The number of hydrogen-bond donors (Lipinski definition) is 1. The second-order valence-corrected chi connectivity index (χ2v) is 7.15. The van der Waals surface area contributed by atoms with E-state index >= 15 is 0 Å². The fourth-order valence-corrected chi connectivity index (χ4v) is 3.73. The zero-order chi connectivity index (χ0) is 19.2. The molecule has 0 unspecified atom stereocenters. The standard InChI is InChI=1S/C19H27N5O3/c1-21-9-11-22(12-10-21)17-5-7-23(8-6-17)19-16(4-2-3-13-25)14-18(15-20-19)24(26)27/h14-15,17,25H,3,5-13H2,1H3. The van der Waals surface area contributed by atoms with Gasteiger partial charge in [-0.2, -0.15) is 0 Å². The lowest BCUT2D eigenvalue weighted by Crippen LogP contribution is -2.52. The van der Waals surface area contributed by atoms with Gasteiger partial charge in [-0.1, -0.05) is 11.8 Å². The number of aliphatic hydroxyl groups excluding tert-OH is 1. The number of nitro groups is 1. The molecule has 27 heavy (non-hydrogen) atoms. The van der Waals surface area contributed by atoms with Gasteiger partial charge in [0, 0.05) is 57.8 Å². The van der Waals surface area contributed by atoms with Crippen molar-refractivity contribution >= 4 is 11.5 Å². The molecule has 1 aromatic rings. The number of piperidine rings is 1. The first kappa shape index (κ1) is 19.5. The summed E-state index contributed by atoms with van der Waals surface area (Å²) in [5.41, 5.74) is 0.509. The molecule has 8 nitrogen and oxygen atoms in total. The molecule has 0 amide bonds. The molecule has 8 heteroatoms. The van der Waals surface area contributed by atoms with Crippen molar-refractivity contribution in [2.75, 3.05) is 57.8 Å². The molecule has 2 fully saturated rings. The first-order valence-corrected chi connectivity index (χ1v) is 9.50. The summed E-state index contributed by atoms with van der Waals surface area (Å²) in [6.45, 7) is 6.20. The van der Waals surface area contributed by atoms with Crippen LogP contribution in [-0.2, 0) is 0 Å². The van der Waals surface area contributed by atoms with E-state index in [0.717, 1.165) is 52.1 Å². The third-order valence-corrected chi connectivity index (χ3v) is 5.34. The van der Waals surface area contributed by atoms with Crippen LogP contribution in [0.15, 0.2) is 12.3 Å². The maximum Gasteiger partial charge on any atom is 0.288 e. The van der Waals surface area contributed by atoms with E-state index in [0.29, 0.717) is 23.8 Å². The molecule has 0 aliphatic carbocycles. The van der Waals surface area contributed by atoms with Crippen LogP contribution >= 0.6 is 0 Å². The normalized spacial score (nSPS) is 19.6. The second kappa shape index (κ2) is 9.13. The van der Waals surface area contributed by atoms with Crippen molar-refractivity contribution in [3.8, 4) is 11.8 Å². The fourth-order valence-electron chi connectivity index (χ4n) is 3.73. The Kier molecular flexibility index (Phi) is 6.61. The van der Waals surface area contributed by atoms with Crippen molar-refractivity contribution in [2.45, 2.75) is 25.3 Å². The summed E-state index contributed by atoms with van der Waals surface area (Å²) in [5, 5.41) is 20.0. The molecule has 2 aliphatic rings. The van der Waals surface area contributed by atoms with Gasteiger partial charge in [0.1, 0.15) is 12.0 Å². The monoisotopic (exact) mass is 373 g/mol. The molecule has 2 saturated heterocycles. The van der Waals surface area contributed by atoms with Crippen LogP contribution in [0.2, 0.25) is 0 Å². The van der Waals surface area contributed by atoms with Gasteiger partial charge < -0.3 is 14.9 Å². The fraction of sp³-hybridized carbons (Fsp3) is 0.632. The Morgan fingerprint density at radius 2 is 1.96 bits per heavy atom. The van der Waals surface area contributed by atoms with Crippen LogP contribution in [0.3, 0.4) is 0 Å². The lowest BCUT2D eigenvalue weighted by atomic mass is 10.0. The van der Waals surface area contributed by atoms with E-state index in [-0.39, 0.29) is 12.3 Å². The minimum Gasteiger partial charge on any atom is -0.395 e. The Morgan fingerprint density at radius 1 is 1.26 bits per heavy atom. The van der Waals surface area contributed by atoms with Crippen LogP contribution in [0.4, 0.5) is 11.5 Å². The minimum absolute atomic E-state index is 0.0267. The molecule has 1 aromatic heterocycles. The average molecular weight is 373 g/mol. The Balaban J connectivity index is 1.69. The third kappa shape index (κ3) is 4.95.